The third-order valence-corrected chi connectivity index (χ3v) is 4.36. The fourth-order valence-corrected chi connectivity index (χ4v) is 2.92. The van der Waals surface area contributed by atoms with Gasteiger partial charge in [0.15, 0.2) is 0 Å². The lowest BCUT2D eigenvalue weighted by Gasteiger charge is -2.06. The molecule has 0 unspecified atom stereocenters. The maximum absolute atomic E-state index is 9.15. The maximum atomic E-state index is 9.15. The Bertz CT molecular complexity index is 153. The van der Waals surface area contributed by atoms with Crippen LogP contribution in [-0.2, 0) is 0 Å². The number of rotatable bonds is 14. The molecule has 0 spiro atoms. The molecule has 0 bridgehead atoms. The second-order valence-electron chi connectivity index (χ2n) is 5.09. The van der Waals surface area contributed by atoms with E-state index in [9.17, 15) is 0 Å². The second-order valence-corrected chi connectivity index (χ2v) is 6.24. The van der Waals surface area contributed by atoms with Crippen LogP contribution in [0.15, 0.2) is 0 Å². The molecule has 0 saturated carbocycles. The Labute approximate surface area is 118 Å². The summed E-state index contributed by atoms with van der Waals surface area (Å²) in [5.74, 6) is 1.79. The Morgan fingerprint density at radius 3 is 1.83 bits per heavy atom. The van der Waals surface area contributed by atoms with E-state index in [4.69, 9.17) is 10.2 Å². The highest BCUT2D eigenvalue weighted by molar-refractivity contribution is 7.99. The molecule has 110 valence electrons. The molecule has 18 heavy (non-hydrogen) atoms. The van der Waals surface area contributed by atoms with E-state index in [1.807, 2.05) is 0 Å². The molecule has 2 N–H and O–H groups in total. The van der Waals surface area contributed by atoms with E-state index in [0.29, 0.717) is 5.75 Å². The monoisotopic (exact) mass is 276 g/mol. The highest BCUT2D eigenvalue weighted by Gasteiger charge is 2.00. The number of aliphatic hydroxyl groups is 2. The van der Waals surface area contributed by atoms with Crippen molar-refractivity contribution in [2.24, 2.45) is 0 Å². The van der Waals surface area contributed by atoms with Gasteiger partial charge in [-0.2, -0.15) is 11.8 Å². The van der Waals surface area contributed by atoms with Crippen LogP contribution in [0.3, 0.4) is 0 Å². The van der Waals surface area contributed by atoms with Crippen LogP contribution in [0.25, 0.3) is 0 Å². The van der Waals surface area contributed by atoms with Crippen molar-refractivity contribution >= 4 is 11.8 Å². The summed E-state index contributed by atoms with van der Waals surface area (Å²) in [6, 6.07) is 0. The first-order valence-corrected chi connectivity index (χ1v) is 8.83. The van der Waals surface area contributed by atoms with Crippen molar-refractivity contribution in [1.82, 2.24) is 0 Å². The Morgan fingerprint density at radius 2 is 1.33 bits per heavy atom. The van der Waals surface area contributed by atoms with Crippen LogP contribution >= 0.6 is 11.8 Å². The normalized spacial score (nSPS) is 12.8. The summed E-state index contributed by atoms with van der Waals surface area (Å²) in [5.41, 5.74) is 0. The zero-order chi connectivity index (χ0) is 13.5. The van der Waals surface area contributed by atoms with E-state index < -0.39 is 6.10 Å². The highest BCUT2D eigenvalue weighted by atomic mass is 32.2. The largest absolute Gasteiger partial charge is 0.394 e. The molecule has 0 radical (unpaired) electrons. The molecular formula is C15H32O2S. The lowest BCUT2D eigenvalue weighted by Crippen LogP contribution is -2.14. The van der Waals surface area contributed by atoms with Crippen LogP contribution in [0.2, 0.25) is 0 Å². The molecule has 1 atom stereocenters. The van der Waals surface area contributed by atoms with Crippen LogP contribution < -0.4 is 0 Å². The minimum Gasteiger partial charge on any atom is -0.394 e. The van der Waals surface area contributed by atoms with E-state index in [2.05, 4.69) is 6.92 Å². The van der Waals surface area contributed by atoms with Gasteiger partial charge in [-0.15, -0.1) is 0 Å². The third-order valence-electron chi connectivity index (χ3n) is 3.16. The van der Waals surface area contributed by atoms with Gasteiger partial charge in [0.25, 0.3) is 0 Å². The number of hydrogen-bond donors (Lipinski definition) is 2. The molecule has 0 amide bonds. The molecule has 0 aliphatic carbocycles. The molecule has 0 aromatic heterocycles. The van der Waals surface area contributed by atoms with Gasteiger partial charge < -0.3 is 10.2 Å². The molecule has 2 nitrogen and oxygen atoms in total. The quantitative estimate of drug-likeness (QED) is 0.471. The van der Waals surface area contributed by atoms with Gasteiger partial charge in [-0.05, 0) is 12.2 Å². The van der Waals surface area contributed by atoms with Crippen LogP contribution in [0.4, 0.5) is 0 Å². The Hall–Kier alpha value is 0.270. The van der Waals surface area contributed by atoms with Crippen molar-refractivity contribution in [2.75, 3.05) is 18.1 Å². The summed E-state index contributed by atoms with van der Waals surface area (Å²) in [4.78, 5) is 0. The van der Waals surface area contributed by atoms with Crippen LogP contribution in [0.1, 0.15) is 71.1 Å². The fourth-order valence-electron chi connectivity index (χ4n) is 1.96. The summed E-state index contributed by atoms with van der Waals surface area (Å²) in [6.45, 7) is 2.16. The summed E-state index contributed by atoms with van der Waals surface area (Å²) in [5, 5.41) is 17.8. The van der Waals surface area contributed by atoms with E-state index in [1.54, 1.807) is 11.8 Å². The molecular weight excluding hydrogens is 244 g/mol. The molecule has 0 fully saturated rings. The van der Waals surface area contributed by atoms with E-state index in [-0.39, 0.29) is 6.61 Å². The van der Waals surface area contributed by atoms with E-state index >= 15 is 0 Å². The fraction of sp³-hybridized carbons (Fsp3) is 1.00. The average molecular weight is 276 g/mol. The van der Waals surface area contributed by atoms with Gasteiger partial charge >= 0.3 is 0 Å². The third kappa shape index (κ3) is 14.3. The topological polar surface area (TPSA) is 40.5 Å². The van der Waals surface area contributed by atoms with Crippen molar-refractivity contribution in [3.05, 3.63) is 0 Å². The SMILES string of the molecule is CCCCCCCCCCCCSC[C@H](O)CO. The highest BCUT2D eigenvalue weighted by Crippen LogP contribution is 2.12. The van der Waals surface area contributed by atoms with Crippen LogP contribution in [0, 0.1) is 0 Å². The van der Waals surface area contributed by atoms with Crippen molar-refractivity contribution in [3.63, 3.8) is 0 Å². The van der Waals surface area contributed by atoms with Gasteiger partial charge in [-0.3, -0.25) is 0 Å². The zero-order valence-corrected chi connectivity index (χ0v) is 12.9. The van der Waals surface area contributed by atoms with Gasteiger partial charge in [-0.25, -0.2) is 0 Å². The molecule has 0 saturated heterocycles. The summed E-state index contributed by atoms with van der Waals surface area (Å²) in [7, 11) is 0. The molecule has 0 heterocycles. The Kier molecular flexibility index (Phi) is 15.6. The Morgan fingerprint density at radius 1 is 0.833 bits per heavy atom. The van der Waals surface area contributed by atoms with Gasteiger partial charge in [0.05, 0.1) is 12.7 Å². The van der Waals surface area contributed by atoms with E-state index in [0.717, 1.165) is 5.75 Å². The summed E-state index contributed by atoms with van der Waals surface area (Å²) < 4.78 is 0. The molecule has 0 aromatic rings. The van der Waals surface area contributed by atoms with Gasteiger partial charge in [0.2, 0.25) is 0 Å². The first-order valence-electron chi connectivity index (χ1n) is 7.68. The lowest BCUT2D eigenvalue weighted by atomic mass is 10.1. The van der Waals surface area contributed by atoms with Crippen molar-refractivity contribution in [3.8, 4) is 0 Å². The van der Waals surface area contributed by atoms with Gasteiger partial charge in [-0.1, -0.05) is 64.7 Å². The summed E-state index contributed by atoms with van der Waals surface area (Å²) in [6.07, 6.45) is 13.2. The minimum atomic E-state index is -0.530. The molecule has 0 rings (SSSR count). The predicted octanol–water partition coefficient (Wildman–Crippen LogP) is 3.99. The van der Waals surface area contributed by atoms with Crippen molar-refractivity contribution in [1.29, 1.82) is 0 Å². The van der Waals surface area contributed by atoms with Crippen LogP contribution in [-0.4, -0.2) is 34.4 Å². The molecule has 3 heteroatoms. The number of aliphatic hydroxyl groups excluding tert-OH is 2. The standard InChI is InChI=1S/C15H32O2S/c1-2-3-4-5-6-7-8-9-10-11-12-18-14-15(17)13-16/h15-17H,2-14H2,1H3/t15-/m1/s1. The second kappa shape index (κ2) is 15.3. The van der Waals surface area contributed by atoms with Crippen molar-refractivity contribution in [2.45, 2.75) is 77.2 Å². The maximum Gasteiger partial charge on any atom is 0.0861 e. The predicted molar refractivity (Wildman–Crippen MR) is 82.3 cm³/mol. The zero-order valence-electron chi connectivity index (χ0n) is 12.1. The lowest BCUT2D eigenvalue weighted by molar-refractivity contribution is 0.113. The first-order chi connectivity index (χ1) is 8.81. The first kappa shape index (κ1) is 18.3. The number of thioether (sulfide) groups is 1. The number of hydrogen-bond acceptors (Lipinski definition) is 3. The van der Waals surface area contributed by atoms with E-state index in [1.165, 1.54) is 64.2 Å². The molecule has 0 aliphatic rings. The number of unbranched alkanes of at least 4 members (excludes halogenated alkanes) is 9. The summed E-state index contributed by atoms with van der Waals surface area (Å²) >= 11 is 1.75. The molecule has 0 aromatic carbocycles. The minimum absolute atomic E-state index is 0.106. The smallest absolute Gasteiger partial charge is 0.0861 e. The van der Waals surface area contributed by atoms with Gasteiger partial charge in [0.1, 0.15) is 0 Å². The Balaban J connectivity index is 2.94. The van der Waals surface area contributed by atoms with Crippen LogP contribution in [0.5, 0.6) is 0 Å². The van der Waals surface area contributed by atoms with Gasteiger partial charge in [0, 0.05) is 5.75 Å². The average Bonchev–Trinajstić information content (AvgIpc) is 2.39. The molecule has 0 aliphatic heterocycles. The van der Waals surface area contributed by atoms with Crippen molar-refractivity contribution < 1.29 is 10.2 Å².